The fraction of sp³-hybridized carbons (Fsp3) is 0.647. The second-order valence-corrected chi connectivity index (χ2v) is 6.53. The molecule has 1 aromatic rings. The van der Waals surface area contributed by atoms with Crippen molar-refractivity contribution < 1.29 is 0 Å². The van der Waals surface area contributed by atoms with E-state index in [0.29, 0.717) is 5.41 Å². The topological polar surface area (TPSA) is 15.3 Å². The molecule has 1 N–H and O–H groups in total. The van der Waals surface area contributed by atoms with Crippen LogP contribution in [0.25, 0.3) is 0 Å². The lowest BCUT2D eigenvalue weighted by molar-refractivity contribution is 0.153. The maximum Gasteiger partial charge on any atom is 0.0119 e. The normalized spacial score (nSPS) is 29.8. The zero-order valence-corrected chi connectivity index (χ0v) is 12.3. The second-order valence-electron chi connectivity index (χ2n) is 6.53. The average molecular weight is 258 g/mol. The van der Waals surface area contributed by atoms with Crippen LogP contribution in [0.1, 0.15) is 30.4 Å². The molecule has 2 nitrogen and oxygen atoms in total. The van der Waals surface area contributed by atoms with E-state index >= 15 is 0 Å². The van der Waals surface area contributed by atoms with Crippen LogP contribution in [0.4, 0.5) is 0 Å². The molecule has 2 aliphatic heterocycles. The fourth-order valence-electron chi connectivity index (χ4n) is 4.06. The number of aryl methyl sites for hydroxylation is 1. The lowest BCUT2D eigenvalue weighted by atomic mass is 9.66. The molecule has 2 saturated heterocycles. The molecule has 2 fully saturated rings. The van der Waals surface area contributed by atoms with Gasteiger partial charge in [-0.2, -0.15) is 0 Å². The maximum atomic E-state index is 3.63. The van der Waals surface area contributed by atoms with Crippen molar-refractivity contribution in [3.8, 4) is 0 Å². The van der Waals surface area contributed by atoms with Crippen molar-refractivity contribution in [3.63, 3.8) is 0 Å². The highest BCUT2D eigenvalue weighted by atomic mass is 15.1. The molecule has 1 aromatic carbocycles. The van der Waals surface area contributed by atoms with Gasteiger partial charge in [-0.3, -0.25) is 0 Å². The van der Waals surface area contributed by atoms with E-state index in [1.165, 1.54) is 51.0 Å². The molecule has 0 radical (unpaired) electrons. The van der Waals surface area contributed by atoms with Gasteiger partial charge in [0.25, 0.3) is 0 Å². The predicted octanol–water partition coefficient (Wildman–Crippen LogP) is 2.57. The number of piperidine rings is 1. The molecule has 1 unspecified atom stereocenters. The molecule has 19 heavy (non-hydrogen) atoms. The molecule has 0 amide bonds. The van der Waals surface area contributed by atoms with Gasteiger partial charge in [-0.1, -0.05) is 29.8 Å². The van der Waals surface area contributed by atoms with Gasteiger partial charge in [-0.05, 0) is 64.3 Å². The number of nitrogens with one attached hydrogen (secondary N) is 1. The van der Waals surface area contributed by atoms with Crippen LogP contribution in [-0.4, -0.2) is 38.1 Å². The maximum absolute atomic E-state index is 3.63. The Morgan fingerprint density at radius 2 is 2.05 bits per heavy atom. The van der Waals surface area contributed by atoms with Gasteiger partial charge >= 0.3 is 0 Å². The molecular formula is C17H26N2. The van der Waals surface area contributed by atoms with Crippen LogP contribution >= 0.6 is 0 Å². The summed E-state index contributed by atoms with van der Waals surface area (Å²) in [6, 6.07) is 9.23. The first-order valence-electron chi connectivity index (χ1n) is 7.67. The Hall–Kier alpha value is -0.860. The van der Waals surface area contributed by atoms with E-state index in [4.69, 9.17) is 0 Å². The van der Waals surface area contributed by atoms with E-state index in [1.54, 1.807) is 5.56 Å². The van der Waals surface area contributed by atoms with Crippen molar-refractivity contribution in [2.75, 3.05) is 33.2 Å². The first kappa shape index (κ1) is 13.1. The largest absolute Gasteiger partial charge is 0.316 e. The summed E-state index contributed by atoms with van der Waals surface area (Å²) >= 11 is 0. The molecule has 104 valence electrons. The second kappa shape index (κ2) is 5.26. The summed E-state index contributed by atoms with van der Waals surface area (Å²) in [5.74, 6) is 0.848. The van der Waals surface area contributed by atoms with Crippen molar-refractivity contribution in [2.24, 2.45) is 5.92 Å². The van der Waals surface area contributed by atoms with Gasteiger partial charge < -0.3 is 10.2 Å². The Morgan fingerprint density at radius 1 is 1.26 bits per heavy atom. The Kier molecular flexibility index (Phi) is 3.64. The number of hydrogen-bond acceptors (Lipinski definition) is 2. The Balaban J connectivity index is 1.91. The van der Waals surface area contributed by atoms with E-state index in [0.717, 1.165) is 5.92 Å². The first-order valence-corrected chi connectivity index (χ1v) is 7.67. The summed E-state index contributed by atoms with van der Waals surface area (Å²) in [7, 11) is 2.25. The monoisotopic (exact) mass is 258 g/mol. The third kappa shape index (κ3) is 2.44. The van der Waals surface area contributed by atoms with Gasteiger partial charge in [0.2, 0.25) is 0 Å². The van der Waals surface area contributed by atoms with E-state index in [9.17, 15) is 0 Å². The third-order valence-electron chi connectivity index (χ3n) is 5.28. The highest BCUT2D eigenvalue weighted by molar-refractivity contribution is 5.32. The van der Waals surface area contributed by atoms with Crippen molar-refractivity contribution >= 4 is 0 Å². The van der Waals surface area contributed by atoms with Crippen LogP contribution in [0.3, 0.4) is 0 Å². The molecule has 0 saturated carbocycles. The first-order chi connectivity index (χ1) is 9.21. The Bertz CT molecular complexity index is 427. The van der Waals surface area contributed by atoms with E-state index in [2.05, 4.69) is 48.5 Å². The minimum Gasteiger partial charge on any atom is -0.316 e. The molecule has 2 heterocycles. The lowest BCUT2D eigenvalue weighted by Crippen LogP contribution is -2.43. The summed E-state index contributed by atoms with van der Waals surface area (Å²) in [6.07, 6.45) is 4.02. The van der Waals surface area contributed by atoms with Crippen LogP contribution in [0, 0.1) is 12.8 Å². The number of hydrogen-bond donors (Lipinski definition) is 1. The van der Waals surface area contributed by atoms with Crippen LogP contribution in [-0.2, 0) is 5.41 Å². The van der Waals surface area contributed by atoms with Gasteiger partial charge in [0.1, 0.15) is 0 Å². The lowest BCUT2D eigenvalue weighted by Gasteiger charge is -2.42. The third-order valence-corrected chi connectivity index (χ3v) is 5.28. The Labute approximate surface area is 117 Å². The predicted molar refractivity (Wildman–Crippen MR) is 80.6 cm³/mol. The van der Waals surface area contributed by atoms with Crippen LogP contribution in [0.15, 0.2) is 24.3 Å². The Morgan fingerprint density at radius 3 is 2.68 bits per heavy atom. The standard InChI is InChI=1S/C17H26N2/c1-14-4-3-5-16(12-14)17(8-9-18-13-17)15-6-10-19(2)11-7-15/h3-5,12,15,18H,6-11,13H2,1-2H3. The van der Waals surface area contributed by atoms with Crippen molar-refractivity contribution in [2.45, 2.75) is 31.6 Å². The minimum absolute atomic E-state index is 0.396. The zero-order valence-electron chi connectivity index (χ0n) is 12.3. The number of benzene rings is 1. The van der Waals surface area contributed by atoms with Gasteiger partial charge in [0.05, 0.1) is 0 Å². The minimum atomic E-state index is 0.396. The van der Waals surface area contributed by atoms with Crippen LogP contribution in [0.5, 0.6) is 0 Å². The average Bonchev–Trinajstić information content (AvgIpc) is 2.90. The molecule has 2 aliphatic rings. The molecule has 2 heteroatoms. The van der Waals surface area contributed by atoms with Crippen LogP contribution in [0.2, 0.25) is 0 Å². The smallest absolute Gasteiger partial charge is 0.0119 e. The molecule has 0 aliphatic carbocycles. The number of rotatable bonds is 2. The number of likely N-dealkylation sites (tertiary alicyclic amines) is 1. The summed E-state index contributed by atoms with van der Waals surface area (Å²) in [5.41, 5.74) is 3.37. The summed E-state index contributed by atoms with van der Waals surface area (Å²) < 4.78 is 0. The zero-order chi connectivity index (χ0) is 13.3. The molecule has 1 atom stereocenters. The molecular weight excluding hydrogens is 232 g/mol. The van der Waals surface area contributed by atoms with Crippen molar-refractivity contribution in [1.82, 2.24) is 10.2 Å². The van der Waals surface area contributed by atoms with E-state index < -0.39 is 0 Å². The van der Waals surface area contributed by atoms with Gasteiger partial charge in [-0.25, -0.2) is 0 Å². The molecule has 3 rings (SSSR count). The quantitative estimate of drug-likeness (QED) is 0.877. The molecule has 0 bridgehead atoms. The van der Waals surface area contributed by atoms with Crippen molar-refractivity contribution in [1.29, 1.82) is 0 Å². The summed E-state index contributed by atoms with van der Waals surface area (Å²) in [5, 5.41) is 3.63. The SMILES string of the molecule is Cc1cccc(C2(C3CCN(C)CC3)CCNC2)c1. The summed E-state index contributed by atoms with van der Waals surface area (Å²) in [4.78, 5) is 2.48. The molecule has 0 aromatic heterocycles. The summed E-state index contributed by atoms with van der Waals surface area (Å²) in [6.45, 7) is 7.09. The van der Waals surface area contributed by atoms with Gasteiger partial charge in [-0.15, -0.1) is 0 Å². The van der Waals surface area contributed by atoms with Crippen molar-refractivity contribution in [3.05, 3.63) is 35.4 Å². The highest BCUT2D eigenvalue weighted by Crippen LogP contribution is 2.43. The van der Waals surface area contributed by atoms with E-state index in [-0.39, 0.29) is 0 Å². The van der Waals surface area contributed by atoms with E-state index in [1.807, 2.05) is 0 Å². The van der Waals surface area contributed by atoms with Crippen LogP contribution < -0.4 is 5.32 Å². The number of nitrogens with zero attached hydrogens (tertiary/aromatic N) is 1. The molecule has 0 spiro atoms. The highest BCUT2D eigenvalue weighted by Gasteiger charge is 2.43. The van der Waals surface area contributed by atoms with Gasteiger partial charge in [0.15, 0.2) is 0 Å². The fourth-order valence-corrected chi connectivity index (χ4v) is 4.06. The van der Waals surface area contributed by atoms with Gasteiger partial charge in [0, 0.05) is 12.0 Å².